The summed E-state index contributed by atoms with van der Waals surface area (Å²) in [5.74, 6) is 0.701. The van der Waals surface area contributed by atoms with E-state index in [4.69, 9.17) is 0 Å². The molecule has 0 amide bonds. The molecular formula is C9H16N2O2S. The molecule has 2 saturated carbocycles. The van der Waals surface area contributed by atoms with E-state index in [2.05, 4.69) is 10.0 Å². The maximum absolute atomic E-state index is 11.7. The molecule has 1 aliphatic heterocycles. The molecule has 3 aliphatic rings. The number of hydrogen-bond acceptors (Lipinski definition) is 3. The summed E-state index contributed by atoms with van der Waals surface area (Å²) >= 11 is 0. The lowest BCUT2D eigenvalue weighted by atomic mass is 10.1. The highest BCUT2D eigenvalue weighted by molar-refractivity contribution is 7.90. The molecule has 2 N–H and O–H groups in total. The first-order chi connectivity index (χ1) is 6.65. The zero-order valence-electron chi connectivity index (χ0n) is 8.07. The van der Waals surface area contributed by atoms with E-state index in [1.54, 1.807) is 0 Å². The van der Waals surface area contributed by atoms with Gasteiger partial charge in [0.15, 0.2) is 0 Å². The van der Waals surface area contributed by atoms with Gasteiger partial charge in [0.1, 0.15) is 0 Å². The van der Waals surface area contributed by atoms with Crippen molar-refractivity contribution < 1.29 is 8.42 Å². The summed E-state index contributed by atoms with van der Waals surface area (Å²) in [5, 5.41) is 3.28. The quantitative estimate of drug-likeness (QED) is 0.688. The van der Waals surface area contributed by atoms with Gasteiger partial charge in [0.05, 0.1) is 5.25 Å². The number of piperidine rings is 1. The van der Waals surface area contributed by atoms with Crippen LogP contribution in [0.3, 0.4) is 0 Å². The van der Waals surface area contributed by atoms with Gasteiger partial charge in [-0.15, -0.1) is 0 Å². The average molecular weight is 216 g/mol. The van der Waals surface area contributed by atoms with Gasteiger partial charge in [0, 0.05) is 12.1 Å². The zero-order chi connectivity index (χ0) is 9.76. The molecule has 4 nitrogen and oxygen atoms in total. The van der Waals surface area contributed by atoms with Crippen LogP contribution in [-0.2, 0) is 10.0 Å². The highest BCUT2D eigenvalue weighted by atomic mass is 32.2. The average Bonchev–Trinajstić information content (AvgIpc) is 2.81. The fourth-order valence-electron chi connectivity index (χ4n) is 2.67. The SMILES string of the molecule is O=S(=O)(NC1CC2CNC1C2)C1CC1. The molecule has 0 aromatic heterocycles. The smallest absolute Gasteiger partial charge is 0.214 e. The van der Waals surface area contributed by atoms with E-state index in [-0.39, 0.29) is 11.3 Å². The van der Waals surface area contributed by atoms with Crippen molar-refractivity contribution in [3.63, 3.8) is 0 Å². The standard InChI is InChI=1S/C9H16N2O2S/c12-14(13,7-1-2-7)11-9-4-6-3-8(9)10-5-6/h6-11H,1-5H2. The summed E-state index contributed by atoms with van der Waals surface area (Å²) in [7, 11) is -2.98. The second-order valence-corrected chi connectivity index (χ2v) is 6.81. The Morgan fingerprint density at radius 2 is 2.00 bits per heavy atom. The van der Waals surface area contributed by atoms with E-state index in [0.717, 1.165) is 32.2 Å². The Bertz CT molecular complexity index is 337. The van der Waals surface area contributed by atoms with Crippen molar-refractivity contribution in [1.29, 1.82) is 0 Å². The minimum atomic E-state index is -2.98. The van der Waals surface area contributed by atoms with Gasteiger partial charge in [-0.3, -0.25) is 0 Å². The Labute approximate surface area is 84.5 Å². The van der Waals surface area contributed by atoms with Crippen molar-refractivity contribution in [3.05, 3.63) is 0 Å². The van der Waals surface area contributed by atoms with Gasteiger partial charge in [0.2, 0.25) is 10.0 Å². The van der Waals surface area contributed by atoms with Crippen LogP contribution in [0.4, 0.5) is 0 Å². The number of fused-ring (bicyclic) bond motifs is 2. The monoisotopic (exact) mass is 216 g/mol. The molecule has 0 aromatic rings. The summed E-state index contributed by atoms with van der Waals surface area (Å²) < 4.78 is 26.2. The van der Waals surface area contributed by atoms with Gasteiger partial charge in [-0.05, 0) is 38.1 Å². The van der Waals surface area contributed by atoms with Crippen LogP contribution in [0.2, 0.25) is 0 Å². The predicted octanol–water partition coefficient (Wildman–Crippen LogP) is -0.181. The molecule has 3 unspecified atom stereocenters. The van der Waals surface area contributed by atoms with E-state index in [1.165, 1.54) is 0 Å². The van der Waals surface area contributed by atoms with E-state index in [1.807, 2.05) is 0 Å². The van der Waals surface area contributed by atoms with Crippen LogP contribution < -0.4 is 10.0 Å². The number of rotatable bonds is 3. The lowest BCUT2D eigenvalue weighted by molar-refractivity contribution is 0.417. The Hall–Kier alpha value is -0.130. The Morgan fingerprint density at radius 3 is 2.50 bits per heavy atom. The Kier molecular flexibility index (Phi) is 1.91. The van der Waals surface area contributed by atoms with Crippen molar-refractivity contribution >= 4 is 10.0 Å². The largest absolute Gasteiger partial charge is 0.312 e. The van der Waals surface area contributed by atoms with Gasteiger partial charge < -0.3 is 5.32 Å². The molecule has 2 bridgehead atoms. The molecule has 1 saturated heterocycles. The first-order valence-corrected chi connectivity index (χ1v) is 6.94. The lowest BCUT2D eigenvalue weighted by Crippen LogP contribution is -2.48. The van der Waals surface area contributed by atoms with Gasteiger partial charge in [-0.1, -0.05) is 0 Å². The molecular weight excluding hydrogens is 200 g/mol. The third-order valence-corrected chi connectivity index (χ3v) is 5.59. The molecule has 1 heterocycles. The van der Waals surface area contributed by atoms with Crippen molar-refractivity contribution in [2.24, 2.45) is 5.92 Å². The van der Waals surface area contributed by atoms with Gasteiger partial charge >= 0.3 is 0 Å². The molecule has 14 heavy (non-hydrogen) atoms. The normalized spacial score (nSPS) is 41.9. The Balaban J connectivity index is 1.67. The molecule has 3 atom stereocenters. The molecule has 3 fully saturated rings. The molecule has 0 aromatic carbocycles. The molecule has 80 valence electrons. The fourth-order valence-corrected chi connectivity index (χ4v) is 4.30. The van der Waals surface area contributed by atoms with Crippen molar-refractivity contribution in [2.45, 2.75) is 43.0 Å². The van der Waals surface area contributed by atoms with E-state index in [9.17, 15) is 8.42 Å². The van der Waals surface area contributed by atoms with Crippen molar-refractivity contribution in [3.8, 4) is 0 Å². The van der Waals surface area contributed by atoms with Gasteiger partial charge in [-0.25, -0.2) is 13.1 Å². The van der Waals surface area contributed by atoms with Crippen LogP contribution in [0.5, 0.6) is 0 Å². The maximum atomic E-state index is 11.7. The Morgan fingerprint density at radius 1 is 1.21 bits per heavy atom. The topological polar surface area (TPSA) is 58.2 Å². The van der Waals surface area contributed by atoms with Crippen LogP contribution >= 0.6 is 0 Å². The van der Waals surface area contributed by atoms with Crippen LogP contribution in [0, 0.1) is 5.92 Å². The number of sulfonamides is 1. The minimum Gasteiger partial charge on any atom is -0.312 e. The number of hydrogen-bond donors (Lipinski definition) is 2. The van der Waals surface area contributed by atoms with E-state index in [0.29, 0.717) is 12.0 Å². The molecule has 0 spiro atoms. The molecule has 3 rings (SSSR count). The summed E-state index contributed by atoms with van der Waals surface area (Å²) in [6, 6.07) is 0.563. The predicted molar refractivity (Wildman–Crippen MR) is 53.4 cm³/mol. The second kappa shape index (κ2) is 2.93. The summed E-state index contributed by atoms with van der Waals surface area (Å²) in [5.41, 5.74) is 0. The third kappa shape index (κ3) is 1.47. The van der Waals surface area contributed by atoms with E-state index < -0.39 is 10.0 Å². The van der Waals surface area contributed by atoms with Gasteiger partial charge in [0.25, 0.3) is 0 Å². The second-order valence-electron chi connectivity index (χ2n) is 4.82. The van der Waals surface area contributed by atoms with Gasteiger partial charge in [-0.2, -0.15) is 0 Å². The van der Waals surface area contributed by atoms with Crippen LogP contribution in [0.1, 0.15) is 25.7 Å². The van der Waals surface area contributed by atoms with Crippen molar-refractivity contribution in [1.82, 2.24) is 10.0 Å². The van der Waals surface area contributed by atoms with E-state index >= 15 is 0 Å². The van der Waals surface area contributed by atoms with Crippen LogP contribution in [0.25, 0.3) is 0 Å². The maximum Gasteiger partial charge on any atom is 0.214 e. The number of nitrogens with one attached hydrogen (secondary N) is 2. The minimum absolute atomic E-state index is 0.0818. The zero-order valence-corrected chi connectivity index (χ0v) is 8.89. The summed E-state index contributed by atoms with van der Waals surface area (Å²) in [6.45, 7) is 1.08. The summed E-state index contributed by atoms with van der Waals surface area (Å²) in [6.07, 6.45) is 3.88. The van der Waals surface area contributed by atoms with Crippen molar-refractivity contribution in [2.75, 3.05) is 6.54 Å². The molecule has 2 aliphatic carbocycles. The molecule has 5 heteroatoms. The third-order valence-electron chi connectivity index (χ3n) is 3.61. The first-order valence-electron chi connectivity index (χ1n) is 5.40. The highest BCUT2D eigenvalue weighted by Gasteiger charge is 2.44. The van der Waals surface area contributed by atoms with Crippen LogP contribution in [-0.4, -0.2) is 32.3 Å². The van der Waals surface area contributed by atoms with Crippen LogP contribution in [0.15, 0.2) is 0 Å². The lowest BCUT2D eigenvalue weighted by Gasteiger charge is -2.23. The molecule has 0 radical (unpaired) electrons. The first kappa shape index (κ1) is 9.12. The summed E-state index contributed by atoms with van der Waals surface area (Å²) in [4.78, 5) is 0. The highest BCUT2D eigenvalue weighted by Crippen LogP contribution is 2.34. The fraction of sp³-hybridized carbons (Fsp3) is 1.00.